The lowest BCUT2D eigenvalue weighted by Crippen LogP contribution is -2.61. The lowest BCUT2D eigenvalue weighted by molar-refractivity contribution is 1.17. The molecule has 0 spiro atoms. The Morgan fingerprint density at radius 1 is 0.222 bits per heavy atom. The predicted molar refractivity (Wildman–Crippen MR) is 380 cm³/mol. The second-order valence-electron chi connectivity index (χ2n) is 24.3. The summed E-state index contributed by atoms with van der Waals surface area (Å²) in [6.45, 7) is -0.211. The van der Waals surface area contributed by atoms with E-state index in [1.165, 1.54) is 87.1 Å². The van der Waals surface area contributed by atoms with Crippen LogP contribution < -0.4 is 26.2 Å². The third-order valence-electron chi connectivity index (χ3n) is 19.7. The molecule has 2 aliphatic rings. The van der Waals surface area contributed by atoms with Gasteiger partial charge in [0.1, 0.15) is 0 Å². The number of anilines is 6. The van der Waals surface area contributed by atoms with Crippen molar-refractivity contribution in [2.75, 3.05) is 9.80 Å². The molecule has 6 heteroatoms. The van der Waals surface area contributed by atoms with Crippen LogP contribution in [0.1, 0.15) is 0 Å². The molecule has 2 aliphatic heterocycles. The molecule has 0 fully saturated rings. The summed E-state index contributed by atoms with van der Waals surface area (Å²) in [5.74, 6) is 0. The highest BCUT2D eigenvalue weighted by molar-refractivity contribution is 7.00. The Balaban J connectivity index is 0.967. The average Bonchev–Trinajstić information content (AvgIpc) is 1.15. The van der Waals surface area contributed by atoms with E-state index in [2.05, 4.69) is 339 Å². The largest absolute Gasteiger partial charge is 0.311 e. The molecule has 0 amide bonds. The molecule has 6 heterocycles. The van der Waals surface area contributed by atoms with Crippen LogP contribution in [0.2, 0.25) is 0 Å². The number of aromatic nitrogens is 3. The van der Waals surface area contributed by atoms with E-state index in [1.54, 1.807) is 0 Å². The van der Waals surface area contributed by atoms with Crippen LogP contribution in [-0.2, 0) is 0 Å². The first kappa shape index (κ1) is 49.3. The Kier molecular flexibility index (Phi) is 10.3. The van der Waals surface area contributed by atoms with Gasteiger partial charge in [-0.2, -0.15) is 0 Å². The molecule has 0 atom stereocenters. The molecule has 14 aromatic carbocycles. The van der Waals surface area contributed by atoms with Gasteiger partial charge >= 0.3 is 0 Å². The van der Waals surface area contributed by atoms with Gasteiger partial charge in [-0.25, -0.2) is 0 Å². The summed E-state index contributed by atoms with van der Waals surface area (Å²) in [6.07, 6.45) is 0. The van der Waals surface area contributed by atoms with Crippen molar-refractivity contribution in [2.45, 2.75) is 0 Å². The minimum absolute atomic E-state index is 0.211. The summed E-state index contributed by atoms with van der Waals surface area (Å²) in [6, 6.07) is 118. The third kappa shape index (κ3) is 6.87. The van der Waals surface area contributed by atoms with Gasteiger partial charge in [0.25, 0.3) is 6.71 Å². The first-order chi connectivity index (χ1) is 44.7. The first-order valence-electron chi connectivity index (χ1n) is 31.2. The van der Waals surface area contributed by atoms with Gasteiger partial charge in [0, 0.05) is 88.3 Å². The van der Waals surface area contributed by atoms with Gasteiger partial charge in [-0.3, -0.25) is 0 Å². The van der Waals surface area contributed by atoms with Crippen LogP contribution in [0.25, 0.3) is 126 Å². The number of nitrogens with zero attached hydrogens (tertiary/aromatic N) is 5. The Bertz CT molecular complexity index is 5710. The van der Waals surface area contributed by atoms with Crippen LogP contribution in [0.15, 0.2) is 315 Å². The molecular weight excluding hydrogens is 1090 g/mol. The molecular formula is C84H52BN5. The predicted octanol–water partition coefficient (Wildman–Crippen LogP) is 20.1. The van der Waals surface area contributed by atoms with Crippen LogP contribution >= 0.6 is 0 Å². The quantitative estimate of drug-likeness (QED) is 0.148. The van der Waals surface area contributed by atoms with Crippen molar-refractivity contribution in [1.82, 2.24) is 13.5 Å². The second-order valence-corrected chi connectivity index (χ2v) is 24.3. The summed E-state index contributed by atoms with van der Waals surface area (Å²) < 4.78 is 7.45. The highest BCUT2D eigenvalue weighted by atomic mass is 15.2. The van der Waals surface area contributed by atoms with E-state index in [4.69, 9.17) is 0 Å². The standard InChI is InChI=1S/C84H52BN5/c1-5-24-53(25-6-1)59-32-13-18-39-71(59)88-79-51-77-67(62-35-16-20-41-73(62)86(77)57-28-9-3-10-29-57)49-69(79)85-70-50-68-63-36-17-21-42-74(63)87(58-30-11-4-12-31-58)78(68)52-80(70)89(72-40-19-14-33-60(72)54-26-7-2-8-27-54)82-48-56(47-81(88)83(82)85)55-44-45-76-66(46-55)65-38-23-37-64-61-34-15-22-43-75(61)90(76)84(64)65/h1-52H. The van der Waals surface area contributed by atoms with E-state index >= 15 is 0 Å². The van der Waals surface area contributed by atoms with Crippen molar-refractivity contribution < 1.29 is 0 Å². The Hall–Kier alpha value is -11.9. The van der Waals surface area contributed by atoms with Crippen molar-refractivity contribution in [3.63, 3.8) is 0 Å². The Morgan fingerprint density at radius 3 is 1.14 bits per heavy atom. The maximum atomic E-state index is 2.64. The summed E-state index contributed by atoms with van der Waals surface area (Å²) >= 11 is 0. The lowest BCUT2D eigenvalue weighted by Gasteiger charge is -2.45. The fourth-order valence-corrected chi connectivity index (χ4v) is 16.0. The first-order valence-corrected chi connectivity index (χ1v) is 31.2. The molecule has 0 bridgehead atoms. The number of hydrogen-bond donors (Lipinski definition) is 0. The molecule has 18 aromatic rings. The highest BCUT2D eigenvalue weighted by Crippen LogP contribution is 2.52. The molecule has 4 aromatic heterocycles. The van der Waals surface area contributed by atoms with Gasteiger partial charge in [0.15, 0.2) is 0 Å². The van der Waals surface area contributed by atoms with Crippen LogP contribution in [0.5, 0.6) is 0 Å². The molecule has 0 N–H and O–H groups in total. The van der Waals surface area contributed by atoms with Crippen LogP contribution in [-0.4, -0.2) is 20.2 Å². The molecule has 416 valence electrons. The molecule has 0 radical (unpaired) electrons. The van der Waals surface area contributed by atoms with Crippen molar-refractivity contribution in [3.8, 4) is 44.8 Å². The number of para-hydroxylation sites is 8. The van der Waals surface area contributed by atoms with Crippen molar-refractivity contribution >= 4 is 139 Å². The fourth-order valence-electron chi connectivity index (χ4n) is 16.0. The van der Waals surface area contributed by atoms with Gasteiger partial charge in [0.05, 0.1) is 50.0 Å². The molecule has 20 rings (SSSR count). The zero-order valence-corrected chi connectivity index (χ0v) is 48.8. The van der Waals surface area contributed by atoms with Gasteiger partial charge in [-0.05, 0) is 130 Å². The SMILES string of the molecule is c1ccc(-c2ccccc2N2c3cc4c(cc3B3c5cc6c7ccccc7n(-c7ccccc7)c6cc5N(c5ccccc5-c5ccccc5)c5cc(-c6ccc7c(c6)c6cccc8c9ccccc9n7c86)cc2c53)c2ccccc2n4-c2ccccc2)cc1. The maximum Gasteiger partial charge on any atom is 0.252 e. The minimum Gasteiger partial charge on any atom is -0.311 e. The van der Waals surface area contributed by atoms with Crippen molar-refractivity contribution in [1.29, 1.82) is 0 Å². The summed E-state index contributed by atoms with van der Waals surface area (Å²) in [5, 5.41) is 9.94. The van der Waals surface area contributed by atoms with Crippen LogP contribution in [0.4, 0.5) is 34.1 Å². The normalized spacial score (nSPS) is 12.8. The Labute approximate surface area is 519 Å². The highest BCUT2D eigenvalue weighted by Gasteiger charge is 2.45. The monoisotopic (exact) mass is 1140 g/mol. The summed E-state index contributed by atoms with van der Waals surface area (Å²) in [7, 11) is 0. The van der Waals surface area contributed by atoms with Gasteiger partial charge in [-0.1, -0.05) is 224 Å². The molecule has 0 unspecified atom stereocenters. The number of fused-ring (bicyclic) bond motifs is 16. The Morgan fingerprint density at radius 2 is 0.622 bits per heavy atom. The smallest absolute Gasteiger partial charge is 0.252 e. The number of hydrogen-bond acceptors (Lipinski definition) is 2. The number of rotatable bonds is 7. The lowest BCUT2D eigenvalue weighted by atomic mass is 9.33. The number of benzene rings is 14. The van der Waals surface area contributed by atoms with E-state index in [9.17, 15) is 0 Å². The van der Waals surface area contributed by atoms with Gasteiger partial charge in [0.2, 0.25) is 0 Å². The second kappa shape index (κ2) is 18.8. The third-order valence-corrected chi connectivity index (χ3v) is 19.7. The van der Waals surface area contributed by atoms with E-state index in [1.807, 2.05) is 0 Å². The summed E-state index contributed by atoms with van der Waals surface area (Å²) in [5.41, 5.74) is 28.1. The zero-order chi connectivity index (χ0) is 58.7. The molecule has 0 saturated heterocycles. The van der Waals surface area contributed by atoms with E-state index in [-0.39, 0.29) is 6.71 Å². The zero-order valence-electron chi connectivity index (χ0n) is 48.8. The van der Waals surface area contributed by atoms with Crippen LogP contribution in [0.3, 0.4) is 0 Å². The van der Waals surface area contributed by atoms with Gasteiger partial charge < -0.3 is 23.3 Å². The average molecular weight is 1140 g/mol. The summed E-state index contributed by atoms with van der Waals surface area (Å²) in [4.78, 5) is 5.28. The molecule has 0 aliphatic carbocycles. The topological polar surface area (TPSA) is 20.8 Å². The van der Waals surface area contributed by atoms with Gasteiger partial charge in [-0.15, -0.1) is 0 Å². The molecule has 5 nitrogen and oxygen atoms in total. The van der Waals surface area contributed by atoms with E-state index in [0.29, 0.717) is 0 Å². The minimum atomic E-state index is -0.211. The molecule has 90 heavy (non-hydrogen) atoms. The maximum absolute atomic E-state index is 2.64. The van der Waals surface area contributed by atoms with Crippen LogP contribution in [0, 0.1) is 0 Å². The fraction of sp³-hybridized carbons (Fsp3) is 0. The van der Waals surface area contributed by atoms with Crippen molar-refractivity contribution in [2.24, 2.45) is 0 Å². The van der Waals surface area contributed by atoms with E-state index < -0.39 is 0 Å². The molecule has 0 saturated carbocycles. The van der Waals surface area contributed by atoms with E-state index in [0.717, 1.165) is 89.9 Å². The van der Waals surface area contributed by atoms with Crippen molar-refractivity contribution in [3.05, 3.63) is 315 Å².